The van der Waals surface area contributed by atoms with Crippen LogP contribution in [0.15, 0.2) is 12.1 Å². The number of aromatic hydroxyl groups is 1. The van der Waals surface area contributed by atoms with Crippen molar-refractivity contribution in [2.24, 2.45) is 5.92 Å². The van der Waals surface area contributed by atoms with Gasteiger partial charge in [-0.1, -0.05) is 0 Å². The summed E-state index contributed by atoms with van der Waals surface area (Å²) in [5, 5.41) is 10.3. The molecule has 0 saturated carbocycles. The molecule has 1 unspecified atom stereocenters. The Kier molecular flexibility index (Phi) is 6.77. The third-order valence-corrected chi connectivity index (χ3v) is 5.80. The molecule has 1 saturated heterocycles. The van der Waals surface area contributed by atoms with E-state index in [0.717, 1.165) is 43.2 Å². The normalized spacial score (nSPS) is 18.7. The molecular weight excluding hydrogens is 372 g/mol. The van der Waals surface area contributed by atoms with Crippen LogP contribution in [0.5, 0.6) is 5.75 Å². The summed E-state index contributed by atoms with van der Waals surface area (Å²) in [4.78, 5) is 40.5. The molecule has 2 aliphatic rings. The number of likely N-dealkylation sites (N-methyl/N-ethyl adjacent to an activating group) is 1. The van der Waals surface area contributed by atoms with Crippen molar-refractivity contribution in [1.29, 1.82) is 0 Å². The maximum Gasteiger partial charge on any atom is 0.310 e. The summed E-state index contributed by atoms with van der Waals surface area (Å²) < 4.78 is 5.08. The molecule has 1 heterocycles. The van der Waals surface area contributed by atoms with Gasteiger partial charge in [-0.05, 0) is 68.7 Å². The zero-order valence-electron chi connectivity index (χ0n) is 17.3. The number of aryl methyl sites for hydroxylation is 2. The number of likely N-dealkylation sites (tertiary alicyclic amines) is 1. The largest absolute Gasteiger partial charge is 0.507 e. The highest BCUT2D eigenvalue weighted by Crippen LogP contribution is 2.29. The molecule has 1 aliphatic heterocycles. The highest BCUT2D eigenvalue weighted by molar-refractivity contribution is 5.99. The Hall–Kier alpha value is -2.57. The lowest BCUT2D eigenvalue weighted by atomic mass is 9.89. The van der Waals surface area contributed by atoms with Gasteiger partial charge in [-0.15, -0.1) is 0 Å². The summed E-state index contributed by atoms with van der Waals surface area (Å²) in [7, 11) is 1.56. The maximum absolute atomic E-state index is 12.8. The number of rotatable bonds is 5. The van der Waals surface area contributed by atoms with Crippen LogP contribution in [0, 0.1) is 5.92 Å². The summed E-state index contributed by atoms with van der Waals surface area (Å²) in [5.41, 5.74) is 2.44. The Morgan fingerprint density at radius 2 is 1.86 bits per heavy atom. The van der Waals surface area contributed by atoms with Gasteiger partial charge in [0.25, 0.3) is 5.91 Å². The van der Waals surface area contributed by atoms with Gasteiger partial charge in [0.05, 0.1) is 24.6 Å². The number of carbonyl (C=O) groups excluding carboxylic acids is 3. The van der Waals surface area contributed by atoms with E-state index >= 15 is 0 Å². The SMILES string of the molecule is CCOC(=O)C1CCCN(C(=O)CN(C)C(=O)c2cc3c(cc2O)CCCC3)C1. The van der Waals surface area contributed by atoms with Crippen molar-refractivity contribution >= 4 is 17.8 Å². The lowest BCUT2D eigenvalue weighted by Crippen LogP contribution is -2.47. The van der Waals surface area contributed by atoms with E-state index in [-0.39, 0.29) is 41.6 Å². The summed E-state index contributed by atoms with van der Waals surface area (Å²) in [6.45, 7) is 2.89. The predicted octanol–water partition coefficient (Wildman–Crippen LogP) is 2.14. The summed E-state index contributed by atoms with van der Waals surface area (Å²) in [5.74, 6) is -1.18. The summed E-state index contributed by atoms with van der Waals surface area (Å²) in [6, 6.07) is 3.46. The molecule has 1 aliphatic carbocycles. The fraction of sp³-hybridized carbons (Fsp3) is 0.591. The molecule has 1 aromatic carbocycles. The van der Waals surface area contributed by atoms with Crippen molar-refractivity contribution in [2.75, 3.05) is 33.3 Å². The molecule has 1 fully saturated rings. The van der Waals surface area contributed by atoms with Crippen LogP contribution < -0.4 is 0 Å². The molecule has 7 nitrogen and oxygen atoms in total. The molecule has 0 aromatic heterocycles. The van der Waals surface area contributed by atoms with E-state index in [1.165, 1.54) is 4.90 Å². The minimum Gasteiger partial charge on any atom is -0.507 e. The Morgan fingerprint density at radius 1 is 1.17 bits per heavy atom. The van der Waals surface area contributed by atoms with Crippen LogP contribution in [0.4, 0.5) is 0 Å². The molecule has 158 valence electrons. The van der Waals surface area contributed by atoms with Crippen molar-refractivity contribution < 1.29 is 24.2 Å². The number of amides is 2. The molecule has 0 bridgehead atoms. The number of ether oxygens (including phenoxy) is 1. The summed E-state index contributed by atoms with van der Waals surface area (Å²) in [6.07, 6.45) is 5.44. The van der Waals surface area contributed by atoms with E-state index in [2.05, 4.69) is 0 Å². The molecule has 3 rings (SSSR count). The van der Waals surface area contributed by atoms with Gasteiger partial charge >= 0.3 is 5.97 Å². The molecule has 0 spiro atoms. The number of piperidine rings is 1. The third kappa shape index (κ3) is 4.89. The molecule has 0 radical (unpaired) electrons. The number of phenols is 1. The number of phenolic OH excluding ortho intramolecular Hbond substituents is 1. The van der Waals surface area contributed by atoms with E-state index in [0.29, 0.717) is 26.1 Å². The van der Waals surface area contributed by atoms with Gasteiger partial charge in [-0.2, -0.15) is 0 Å². The Balaban J connectivity index is 1.63. The van der Waals surface area contributed by atoms with Crippen molar-refractivity contribution in [3.63, 3.8) is 0 Å². The van der Waals surface area contributed by atoms with Gasteiger partial charge in [0.1, 0.15) is 5.75 Å². The second-order valence-corrected chi connectivity index (χ2v) is 7.94. The summed E-state index contributed by atoms with van der Waals surface area (Å²) >= 11 is 0. The molecular formula is C22H30N2O5. The van der Waals surface area contributed by atoms with Crippen molar-refractivity contribution in [1.82, 2.24) is 9.80 Å². The monoisotopic (exact) mass is 402 g/mol. The average molecular weight is 402 g/mol. The van der Waals surface area contributed by atoms with Crippen LogP contribution in [0.25, 0.3) is 0 Å². The van der Waals surface area contributed by atoms with Crippen LogP contribution in [-0.2, 0) is 27.2 Å². The Labute approximate surface area is 171 Å². The topological polar surface area (TPSA) is 87.2 Å². The van der Waals surface area contributed by atoms with Crippen molar-refractivity contribution in [3.05, 3.63) is 28.8 Å². The average Bonchev–Trinajstić information content (AvgIpc) is 2.73. The van der Waals surface area contributed by atoms with E-state index in [1.807, 2.05) is 0 Å². The minimum atomic E-state index is -0.372. The van der Waals surface area contributed by atoms with Crippen molar-refractivity contribution in [3.8, 4) is 5.75 Å². The maximum atomic E-state index is 12.8. The third-order valence-electron chi connectivity index (χ3n) is 5.80. The number of nitrogens with zero attached hydrogens (tertiary/aromatic N) is 2. The van der Waals surface area contributed by atoms with E-state index in [9.17, 15) is 19.5 Å². The fourth-order valence-electron chi connectivity index (χ4n) is 4.18. The van der Waals surface area contributed by atoms with Gasteiger partial charge in [0.2, 0.25) is 5.91 Å². The molecule has 1 atom stereocenters. The first-order chi connectivity index (χ1) is 13.9. The first-order valence-electron chi connectivity index (χ1n) is 10.4. The smallest absolute Gasteiger partial charge is 0.310 e. The van der Waals surface area contributed by atoms with Gasteiger partial charge in [-0.3, -0.25) is 14.4 Å². The quantitative estimate of drug-likeness (QED) is 0.763. The molecule has 1 aromatic rings. The first-order valence-corrected chi connectivity index (χ1v) is 10.4. The van der Waals surface area contributed by atoms with E-state index < -0.39 is 0 Å². The fourth-order valence-corrected chi connectivity index (χ4v) is 4.18. The number of hydrogen-bond donors (Lipinski definition) is 1. The second-order valence-electron chi connectivity index (χ2n) is 7.94. The van der Waals surface area contributed by atoms with Crippen molar-refractivity contribution in [2.45, 2.75) is 45.4 Å². The number of esters is 1. The van der Waals surface area contributed by atoms with E-state index in [4.69, 9.17) is 4.74 Å². The van der Waals surface area contributed by atoms with Gasteiger partial charge < -0.3 is 19.6 Å². The standard InChI is InChI=1S/C22H30N2O5/c1-3-29-22(28)17-9-6-10-24(13-17)20(26)14-23(2)21(27)18-11-15-7-4-5-8-16(15)12-19(18)25/h11-12,17,25H,3-10,13-14H2,1-2H3. The predicted molar refractivity (Wildman–Crippen MR) is 108 cm³/mol. The zero-order chi connectivity index (χ0) is 21.0. The number of hydrogen-bond acceptors (Lipinski definition) is 5. The van der Waals surface area contributed by atoms with E-state index in [1.54, 1.807) is 31.0 Å². The van der Waals surface area contributed by atoms with Crippen LogP contribution >= 0.6 is 0 Å². The highest BCUT2D eigenvalue weighted by atomic mass is 16.5. The Morgan fingerprint density at radius 3 is 2.55 bits per heavy atom. The molecule has 2 amide bonds. The highest BCUT2D eigenvalue weighted by Gasteiger charge is 2.30. The lowest BCUT2D eigenvalue weighted by molar-refractivity contribution is -0.151. The number of fused-ring (bicyclic) bond motifs is 1. The minimum absolute atomic E-state index is 0.0321. The lowest BCUT2D eigenvalue weighted by Gasteiger charge is -2.32. The van der Waals surface area contributed by atoms with Gasteiger partial charge in [-0.25, -0.2) is 0 Å². The number of carbonyl (C=O) groups is 3. The molecule has 1 N–H and O–H groups in total. The second kappa shape index (κ2) is 9.29. The van der Waals surface area contributed by atoms with Gasteiger partial charge in [0, 0.05) is 20.1 Å². The Bertz CT molecular complexity index is 792. The van der Waals surface area contributed by atoms with Crippen LogP contribution in [-0.4, -0.2) is 66.0 Å². The zero-order valence-corrected chi connectivity index (χ0v) is 17.3. The molecule has 7 heteroatoms. The van der Waals surface area contributed by atoms with Crippen LogP contribution in [0.1, 0.15) is 54.1 Å². The van der Waals surface area contributed by atoms with Crippen LogP contribution in [0.3, 0.4) is 0 Å². The van der Waals surface area contributed by atoms with Crippen LogP contribution in [0.2, 0.25) is 0 Å². The molecule has 29 heavy (non-hydrogen) atoms. The van der Waals surface area contributed by atoms with Gasteiger partial charge in [0.15, 0.2) is 0 Å². The first kappa shape index (κ1) is 21.1. The number of benzene rings is 1.